The summed E-state index contributed by atoms with van der Waals surface area (Å²) >= 11 is 0. The van der Waals surface area contributed by atoms with Gasteiger partial charge in [0.05, 0.1) is 0 Å². The second-order valence-corrected chi connectivity index (χ2v) is 7.68. The highest BCUT2D eigenvalue weighted by Crippen LogP contribution is 2.60. The maximum atomic E-state index is 13.1. The molecule has 2 saturated heterocycles. The fourth-order valence-corrected chi connectivity index (χ4v) is 5.20. The maximum absolute atomic E-state index is 13.1. The highest BCUT2D eigenvalue weighted by molar-refractivity contribution is 5.88. The Bertz CT molecular complexity index is 485. The molecule has 122 valence electrons. The van der Waals surface area contributed by atoms with Crippen LogP contribution in [-0.4, -0.2) is 47.2 Å². The van der Waals surface area contributed by atoms with Crippen molar-refractivity contribution in [2.45, 2.75) is 63.5 Å². The Morgan fingerprint density at radius 3 is 2.59 bits per heavy atom. The molecule has 22 heavy (non-hydrogen) atoms. The molecular weight excluding hydrogens is 282 g/mol. The fourth-order valence-electron chi connectivity index (χ4n) is 5.20. The van der Waals surface area contributed by atoms with Crippen molar-refractivity contribution in [2.75, 3.05) is 13.2 Å². The van der Waals surface area contributed by atoms with Gasteiger partial charge in [-0.1, -0.05) is 12.8 Å². The van der Waals surface area contributed by atoms with E-state index >= 15 is 0 Å². The topological polar surface area (TPSA) is 66.8 Å². The molecule has 0 aromatic heterocycles. The summed E-state index contributed by atoms with van der Waals surface area (Å²) in [4.78, 5) is 26.5. The van der Waals surface area contributed by atoms with Crippen molar-refractivity contribution in [3.05, 3.63) is 0 Å². The Kier molecular flexibility index (Phi) is 3.44. The van der Waals surface area contributed by atoms with E-state index in [0.29, 0.717) is 12.3 Å². The molecular formula is C17H25NO4. The van der Waals surface area contributed by atoms with Gasteiger partial charge in [0, 0.05) is 25.2 Å². The quantitative estimate of drug-likeness (QED) is 0.848. The summed E-state index contributed by atoms with van der Waals surface area (Å²) in [5, 5.41) is 9.57. The van der Waals surface area contributed by atoms with Gasteiger partial charge in [-0.05, 0) is 49.9 Å². The Hall–Kier alpha value is -1.10. The minimum atomic E-state index is -0.815. The van der Waals surface area contributed by atoms with E-state index in [1.807, 2.05) is 0 Å². The first kappa shape index (κ1) is 14.5. The van der Waals surface area contributed by atoms with Gasteiger partial charge in [0.1, 0.15) is 6.04 Å². The molecule has 0 radical (unpaired) electrons. The molecule has 5 heteroatoms. The van der Waals surface area contributed by atoms with Crippen LogP contribution in [0.3, 0.4) is 0 Å². The number of aliphatic carboxylic acids is 1. The van der Waals surface area contributed by atoms with Crippen molar-refractivity contribution in [3.8, 4) is 0 Å². The van der Waals surface area contributed by atoms with Gasteiger partial charge in [-0.15, -0.1) is 0 Å². The average molecular weight is 307 g/mol. The molecule has 4 atom stereocenters. The number of nitrogens with zero attached hydrogens (tertiary/aromatic N) is 1. The Morgan fingerprint density at radius 2 is 1.86 bits per heavy atom. The summed E-state index contributed by atoms with van der Waals surface area (Å²) in [6, 6.07) is -0.405. The molecule has 4 rings (SSSR count). The van der Waals surface area contributed by atoms with Crippen LogP contribution in [0.2, 0.25) is 0 Å². The molecule has 4 unspecified atom stereocenters. The summed E-state index contributed by atoms with van der Waals surface area (Å²) < 4.78 is 5.42. The molecule has 2 heterocycles. The number of ether oxygens (including phenoxy) is 1. The number of likely N-dealkylation sites (tertiary alicyclic amines) is 1. The highest BCUT2D eigenvalue weighted by atomic mass is 16.5. The van der Waals surface area contributed by atoms with Gasteiger partial charge >= 0.3 is 5.97 Å². The lowest BCUT2D eigenvalue weighted by atomic mass is 9.84. The van der Waals surface area contributed by atoms with Crippen molar-refractivity contribution in [1.82, 2.24) is 4.90 Å². The molecule has 2 aliphatic carbocycles. The van der Waals surface area contributed by atoms with Crippen LogP contribution in [0.25, 0.3) is 0 Å². The van der Waals surface area contributed by atoms with Crippen molar-refractivity contribution in [2.24, 2.45) is 17.3 Å². The van der Waals surface area contributed by atoms with E-state index in [2.05, 4.69) is 0 Å². The number of amides is 1. The van der Waals surface area contributed by atoms with Crippen molar-refractivity contribution in [3.63, 3.8) is 0 Å². The van der Waals surface area contributed by atoms with E-state index in [9.17, 15) is 14.7 Å². The third-order valence-electron chi connectivity index (χ3n) is 6.60. The summed E-state index contributed by atoms with van der Waals surface area (Å²) in [6.07, 6.45) is 7.90. The summed E-state index contributed by atoms with van der Waals surface area (Å²) in [5.74, 6) is -0.227. The number of carboxylic acids is 1. The van der Waals surface area contributed by atoms with Crippen LogP contribution < -0.4 is 0 Å². The molecule has 4 fully saturated rings. The highest BCUT2D eigenvalue weighted by Gasteiger charge is 2.61. The third-order valence-corrected chi connectivity index (χ3v) is 6.60. The van der Waals surface area contributed by atoms with Gasteiger partial charge in [0.2, 0.25) is 5.91 Å². The van der Waals surface area contributed by atoms with Crippen LogP contribution in [0.4, 0.5) is 0 Å². The monoisotopic (exact) mass is 307 g/mol. The van der Waals surface area contributed by atoms with Crippen molar-refractivity contribution in [1.29, 1.82) is 0 Å². The Labute approximate surface area is 131 Å². The Balaban J connectivity index is 1.54. The molecule has 0 aromatic carbocycles. The largest absolute Gasteiger partial charge is 0.480 e. The molecule has 1 spiro atoms. The second kappa shape index (κ2) is 5.22. The normalized spacial score (nSPS) is 39.5. The number of hydrogen-bond acceptors (Lipinski definition) is 3. The SMILES string of the molecule is O=C(O)C1CC2CCCCC2N1C(=O)C1CC12CCOCC2. The third kappa shape index (κ3) is 2.16. The summed E-state index contributed by atoms with van der Waals surface area (Å²) in [6.45, 7) is 1.50. The zero-order valence-corrected chi connectivity index (χ0v) is 13.0. The van der Waals surface area contributed by atoms with Gasteiger partial charge in [-0.3, -0.25) is 4.79 Å². The number of rotatable bonds is 2. The zero-order chi connectivity index (χ0) is 15.3. The molecule has 1 N–H and O–H groups in total. The number of carbonyl (C=O) groups is 2. The fraction of sp³-hybridized carbons (Fsp3) is 0.882. The van der Waals surface area contributed by atoms with E-state index in [-0.39, 0.29) is 23.3 Å². The molecule has 4 aliphatic rings. The van der Waals surface area contributed by atoms with Gasteiger partial charge in [-0.25, -0.2) is 4.79 Å². The standard InChI is InChI=1S/C17H25NO4/c19-15(12-10-17(12)5-7-22-8-6-17)18-13-4-2-1-3-11(13)9-14(18)16(20)21/h11-14H,1-10H2,(H,20,21). The second-order valence-electron chi connectivity index (χ2n) is 7.68. The predicted molar refractivity (Wildman–Crippen MR) is 79.2 cm³/mol. The predicted octanol–water partition coefficient (Wildman–Crippen LogP) is 2.05. The Morgan fingerprint density at radius 1 is 1.14 bits per heavy atom. The maximum Gasteiger partial charge on any atom is 0.326 e. The first-order chi connectivity index (χ1) is 10.6. The van der Waals surface area contributed by atoms with Gasteiger partial charge in [-0.2, -0.15) is 0 Å². The van der Waals surface area contributed by atoms with Crippen LogP contribution in [0.5, 0.6) is 0 Å². The molecule has 2 saturated carbocycles. The van der Waals surface area contributed by atoms with Crippen LogP contribution in [-0.2, 0) is 14.3 Å². The van der Waals surface area contributed by atoms with Crippen LogP contribution >= 0.6 is 0 Å². The lowest BCUT2D eigenvalue weighted by molar-refractivity contribution is -0.151. The van der Waals surface area contributed by atoms with Crippen LogP contribution in [0.1, 0.15) is 51.4 Å². The van der Waals surface area contributed by atoms with Crippen LogP contribution in [0, 0.1) is 17.3 Å². The van der Waals surface area contributed by atoms with E-state index in [0.717, 1.165) is 51.7 Å². The van der Waals surface area contributed by atoms with E-state index < -0.39 is 12.0 Å². The number of carboxylic acid groups (broad SMARTS) is 1. The van der Waals surface area contributed by atoms with Crippen molar-refractivity contribution < 1.29 is 19.4 Å². The smallest absolute Gasteiger partial charge is 0.326 e. The molecule has 0 aromatic rings. The number of carbonyl (C=O) groups excluding carboxylic acids is 1. The average Bonchev–Trinajstić information content (AvgIpc) is 3.06. The van der Waals surface area contributed by atoms with Gasteiger partial charge in [0.25, 0.3) is 0 Å². The minimum Gasteiger partial charge on any atom is -0.480 e. The molecule has 2 aliphatic heterocycles. The molecule has 0 bridgehead atoms. The summed E-state index contributed by atoms with van der Waals surface area (Å²) in [7, 11) is 0. The zero-order valence-electron chi connectivity index (χ0n) is 13.0. The molecule has 5 nitrogen and oxygen atoms in total. The first-order valence-corrected chi connectivity index (χ1v) is 8.75. The van der Waals surface area contributed by atoms with Crippen molar-refractivity contribution >= 4 is 11.9 Å². The van der Waals surface area contributed by atoms with E-state index in [1.54, 1.807) is 4.90 Å². The van der Waals surface area contributed by atoms with Gasteiger partial charge in [0.15, 0.2) is 0 Å². The van der Waals surface area contributed by atoms with Crippen LogP contribution in [0.15, 0.2) is 0 Å². The number of fused-ring (bicyclic) bond motifs is 1. The first-order valence-electron chi connectivity index (χ1n) is 8.75. The molecule has 1 amide bonds. The van der Waals surface area contributed by atoms with E-state index in [4.69, 9.17) is 4.74 Å². The number of hydrogen-bond donors (Lipinski definition) is 1. The minimum absolute atomic E-state index is 0.0546. The lowest BCUT2D eigenvalue weighted by Gasteiger charge is -2.34. The van der Waals surface area contributed by atoms with Gasteiger partial charge < -0.3 is 14.7 Å². The summed E-state index contributed by atoms with van der Waals surface area (Å²) in [5.41, 5.74) is 0.130. The lowest BCUT2D eigenvalue weighted by Crippen LogP contribution is -2.47. The van der Waals surface area contributed by atoms with E-state index in [1.165, 1.54) is 6.42 Å².